The number of nitrogens with zero attached hydrogens (tertiary/aromatic N) is 1. The lowest BCUT2D eigenvalue weighted by Crippen LogP contribution is -2.33. The second-order valence-electron chi connectivity index (χ2n) is 6.50. The second kappa shape index (κ2) is 4.96. The molecule has 0 saturated heterocycles. The number of aromatic nitrogens is 1. The number of hydrogen-bond donors (Lipinski definition) is 0. The van der Waals surface area contributed by atoms with Crippen LogP contribution in [0.3, 0.4) is 0 Å². The summed E-state index contributed by atoms with van der Waals surface area (Å²) in [4.78, 5) is 0. The van der Waals surface area contributed by atoms with Crippen molar-refractivity contribution in [3.8, 4) is 28.5 Å². The molecule has 0 radical (unpaired) electrons. The molecular weight excluding hydrogens is 310 g/mol. The molecule has 1 aromatic heterocycles. The molecule has 0 amide bonds. The van der Waals surface area contributed by atoms with Crippen molar-refractivity contribution in [2.45, 2.75) is 6.92 Å². The minimum Gasteiger partial charge on any atom is -0.492 e. The second-order valence-corrected chi connectivity index (χ2v) is 6.50. The highest BCUT2D eigenvalue weighted by Crippen LogP contribution is 2.51. The Morgan fingerprint density at radius 2 is 1.80 bits per heavy atom. The lowest BCUT2D eigenvalue weighted by Gasteiger charge is -2.23. The van der Waals surface area contributed by atoms with Crippen LogP contribution in [0.5, 0.6) is 17.2 Å². The predicted molar refractivity (Wildman–Crippen MR) is 99.4 cm³/mol. The summed E-state index contributed by atoms with van der Waals surface area (Å²) in [6.07, 6.45) is 0. The third-order valence-electron chi connectivity index (χ3n) is 5.14. The van der Waals surface area contributed by atoms with E-state index in [0.717, 1.165) is 33.8 Å². The Bertz CT molecular complexity index is 1180. The van der Waals surface area contributed by atoms with E-state index in [1.165, 1.54) is 21.9 Å². The predicted octanol–water partition coefficient (Wildman–Crippen LogP) is 4.91. The standard InChI is InChI=1S/C22H18NO2/c1-13-11-12-14-7-6-10-17-19(14)18(13)20-22(25-17)21(24-3)15-8-4-5-9-16(15)23(20)2/h4-12H,1-3H3/q+1. The molecule has 1 aliphatic heterocycles. The Balaban J connectivity index is 2.05. The number of aryl methyl sites for hydroxylation is 2. The van der Waals surface area contributed by atoms with Gasteiger partial charge in [0.2, 0.25) is 11.3 Å². The van der Waals surface area contributed by atoms with Crippen molar-refractivity contribution >= 4 is 21.7 Å². The van der Waals surface area contributed by atoms with E-state index in [4.69, 9.17) is 9.47 Å². The number of ether oxygens (including phenoxy) is 2. The van der Waals surface area contributed by atoms with Gasteiger partial charge in [-0.2, -0.15) is 4.57 Å². The van der Waals surface area contributed by atoms with E-state index in [-0.39, 0.29) is 0 Å². The normalized spacial score (nSPS) is 12.1. The van der Waals surface area contributed by atoms with Crippen molar-refractivity contribution < 1.29 is 14.0 Å². The molecule has 3 aromatic carbocycles. The average Bonchev–Trinajstić information content (AvgIpc) is 2.64. The number of rotatable bonds is 1. The third-order valence-corrected chi connectivity index (χ3v) is 5.14. The summed E-state index contributed by atoms with van der Waals surface area (Å²) < 4.78 is 14.4. The average molecular weight is 328 g/mol. The maximum absolute atomic E-state index is 6.37. The molecule has 0 fully saturated rings. The number of methoxy groups -OCH3 is 1. The van der Waals surface area contributed by atoms with Crippen molar-refractivity contribution in [3.05, 3.63) is 60.2 Å². The highest BCUT2D eigenvalue weighted by molar-refractivity contribution is 6.05. The Kier molecular flexibility index (Phi) is 2.84. The van der Waals surface area contributed by atoms with Gasteiger partial charge in [0.15, 0.2) is 5.75 Å². The minimum absolute atomic E-state index is 0.787. The number of benzene rings is 3. The SMILES string of the molecule is COc1c2c([n+](C)c3ccccc13)-c1c(C)ccc3cccc(c13)O2. The van der Waals surface area contributed by atoms with Gasteiger partial charge in [-0.05, 0) is 30.0 Å². The van der Waals surface area contributed by atoms with Gasteiger partial charge < -0.3 is 9.47 Å². The first kappa shape index (κ1) is 14.3. The highest BCUT2D eigenvalue weighted by atomic mass is 16.5. The largest absolute Gasteiger partial charge is 0.492 e. The fraction of sp³-hybridized carbons (Fsp3) is 0.136. The highest BCUT2D eigenvalue weighted by Gasteiger charge is 2.34. The van der Waals surface area contributed by atoms with E-state index in [0.29, 0.717) is 0 Å². The Hall–Kier alpha value is -3.07. The van der Waals surface area contributed by atoms with Crippen LogP contribution in [0.15, 0.2) is 54.6 Å². The smallest absolute Gasteiger partial charge is 0.260 e. The molecule has 0 saturated carbocycles. The number of pyridine rings is 1. The Morgan fingerprint density at radius 3 is 2.64 bits per heavy atom. The number of fused-ring (bicyclic) bond motifs is 3. The van der Waals surface area contributed by atoms with E-state index in [2.05, 4.69) is 54.9 Å². The van der Waals surface area contributed by atoms with E-state index < -0.39 is 0 Å². The van der Waals surface area contributed by atoms with Crippen LogP contribution in [0, 0.1) is 6.92 Å². The monoisotopic (exact) mass is 328 g/mol. The summed E-state index contributed by atoms with van der Waals surface area (Å²) >= 11 is 0. The molecule has 122 valence electrons. The van der Waals surface area contributed by atoms with Crippen LogP contribution in [-0.4, -0.2) is 7.11 Å². The molecule has 0 spiro atoms. The summed E-state index contributed by atoms with van der Waals surface area (Å²) in [6.45, 7) is 2.16. The van der Waals surface area contributed by atoms with Crippen molar-refractivity contribution in [2.75, 3.05) is 7.11 Å². The number of para-hydroxylation sites is 1. The maximum Gasteiger partial charge on any atom is 0.260 e. The van der Waals surface area contributed by atoms with Crippen molar-refractivity contribution in [2.24, 2.45) is 7.05 Å². The van der Waals surface area contributed by atoms with Gasteiger partial charge in [-0.25, -0.2) is 0 Å². The quantitative estimate of drug-likeness (QED) is 0.408. The molecule has 3 nitrogen and oxygen atoms in total. The van der Waals surface area contributed by atoms with Gasteiger partial charge in [0.1, 0.15) is 12.8 Å². The minimum atomic E-state index is 0.787. The van der Waals surface area contributed by atoms with Crippen molar-refractivity contribution in [3.63, 3.8) is 0 Å². The zero-order chi connectivity index (χ0) is 17.1. The molecule has 5 rings (SSSR count). The molecule has 0 bridgehead atoms. The van der Waals surface area contributed by atoms with Crippen LogP contribution in [0.4, 0.5) is 0 Å². The molecule has 3 heteroatoms. The Labute approximate surface area is 146 Å². The molecule has 0 aliphatic carbocycles. The topological polar surface area (TPSA) is 22.3 Å². The fourth-order valence-electron chi connectivity index (χ4n) is 3.99. The summed E-state index contributed by atoms with van der Waals surface area (Å²) in [5.41, 5.74) is 4.65. The van der Waals surface area contributed by atoms with Gasteiger partial charge >= 0.3 is 0 Å². The van der Waals surface area contributed by atoms with E-state index >= 15 is 0 Å². The van der Waals surface area contributed by atoms with Crippen LogP contribution < -0.4 is 14.0 Å². The maximum atomic E-state index is 6.37. The van der Waals surface area contributed by atoms with Gasteiger partial charge in [-0.3, -0.25) is 0 Å². The summed E-state index contributed by atoms with van der Waals surface area (Å²) in [5.74, 6) is 2.46. The first-order chi connectivity index (χ1) is 12.2. The van der Waals surface area contributed by atoms with Crippen molar-refractivity contribution in [1.29, 1.82) is 0 Å². The molecule has 0 unspecified atom stereocenters. The van der Waals surface area contributed by atoms with Crippen LogP contribution in [0.25, 0.3) is 32.9 Å². The molecular formula is C22H18NO2+. The number of hydrogen-bond acceptors (Lipinski definition) is 2. The van der Waals surface area contributed by atoms with Gasteiger partial charge in [0, 0.05) is 11.5 Å². The van der Waals surface area contributed by atoms with Crippen molar-refractivity contribution in [1.82, 2.24) is 0 Å². The summed E-state index contributed by atoms with van der Waals surface area (Å²) in [5, 5.41) is 3.41. The molecule has 25 heavy (non-hydrogen) atoms. The fourth-order valence-corrected chi connectivity index (χ4v) is 3.99. The van der Waals surface area contributed by atoms with Crippen LogP contribution in [0.1, 0.15) is 5.56 Å². The first-order valence-electron chi connectivity index (χ1n) is 8.40. The Morgan fingerprint density at radius 1 is 0.960 bits per heavy atom. The summed E-state index contributed by atoms with van der Waals surface area (Å²) in [7, 11) is 3.80. The molecule has 1 aliphatic rings. The van der Waals surface area contributed by atoms with Gasteiger partial charge in [-0.1, -0.05) is 36.4 Å². The zero-order valence-electron chi connectivity index (χ0n) is 14.5. The van der Waals surface area contributed by atoms with E-state index in [1.807, 2.05) is 18.2 Å². The van der Waals surface area contributed by atoms with Crippen LogP contribution in [-0.2, 0) is 7.05 Å². The zero-order valence-corrected chi connectivity index (χ0v) is 14.5. The lowest BCUT2D eigenvalue weighted by atomic mass is 9.93. The molecule has 2 heterocycles. The molecule has 0 N–H and O–H groups in total. The molecule has 4 aromatic rings. The van der Waals surface area contributed by atoms with Crippen LogP contribution >= 0.6 is 0 Å². The first-order valence-corrected chi connectivity index (χ1v) is 8.40. The van der Waals surface area contributed by atoms with E-state index in [9.17, 15) is 0 Å². The van der Waals surface area contributed by atoms with Gasteiger partial charge in [0.05, 0.1) is 18.1 Å². The summed E-state index contributed by atoms with van der Waals surface area (Å²) in [6, 6.07) is 18.8. The van der Waals surface area contributed by atoms with Crippen LogP contribution in [0.2, 0.25) is 0 Å². The van der Waals surface area contributed by atoms with Gasteiger partial charge in [-0.15, -0.1) is 0 Å². The molecule has 0 atom stereocenters. The lowest BCUT2D eigenvalue weighted by molar-refractivity contribution is -0.633. The van der Waals surface area contributed by atoms with Gasteiger partial charge in [0.25, 0.3) is 5.69 Å². The third kappa shape index (κ3) is 1.78. The van der Waals surface area contributed by atoms with E-state index in [1.54, 1.807) is 7.11 Å².